The van der Waals surface area contributed by atoms with Crippen molar-refractivity contribution in [2.75, 3.05) is 7.05 Å². The van der Waals surface area contributed by atoms with Crippen LogP contribution >= 0.6 is 0 Å². The second-order valence-electron chi connectivity index (χ2n) is 4.78. The molecule has 88 valence electrons. The summed E-state index contributed by atoms with van der Waals surface area (Å²) in [7, 11) is 1.87. The molecule has 0 saturated heterocycles. The Morgan fingerprint density at radius 1 is 1.47 bits per heavy atom. The smallest absolute Gasteiger partial charge is 0.255 e. The summed E-state index contributed by atoms with van der Waals surface area (Å²) in [5, 5.41) is 4.24. The Balaban J connectivity index is 2.40. The molecule has 0 radical (unpaired) electrons. The Labute approximate surface area is 100 Å². The van der Waals surface area contributed by atoms with E-state index in [1.54, 1.807) is 0 Å². The summed E-state index contributed by atoms with van der Waals surface area (Å²) < 4.78 is 1.96. The third-order valence-electron chi connectivity index (χ3n) is 3.54. The van der Waals surface area contributed by atoms with Crippen molar-refractivity contribution in [3.05, 3.63) is 45.7 Å². The lowest BCUT2D eigenvalue weighted by Gasteiger charge is -2.11. The van der Waals surface area contributed by atoms with Gasteiger partial charge in [-0.25, -0.2) is 0 Å². The van der Waals surface area contributed by atoms with Crippen LogP contribution in [0.25, 0.3) is 10.9 Å². The maximum absolute atomic E-state index is 12.4. The molecule has 1 atom stereocenters. The van der Waals surface area contributed by atoms with Crippen molar-refractivity contribution >= 4 is 10.9 Å². The van der Waals surface area contributed by atoms with E-state index in [9.17, 15) is 4.79 Å². The fraction of sp³-hybridized carbons (Fsp3) is 0.357. The third-order valence-corrected chi connectivity index (χ3v) is 3.54. The number of pyridine rings is 1. The summed E-state index contributed by atoms with van der Waals surface area (Å²) >= 11 is 0. The van der Waals surface area contributed by atoms with Gasteiger partial charge < -0.3 is 9.88 Å². The first-order chi connectivity index (χ1) is 8.22. The second kappa shape index (κ2) is 3.70. The molecule has 0 aliphatic carbocycles. The summed E-state index contributed by atoms with van der Waals surface area (Å²) in [4.78, 5) is 12.4. The van der Waals surface area contributed by atoms with Gasteiger partial charge in [-0.1, -0.05) is 18.2 Å². The minimum absolute atomic E-state index is 0.157. The van der Waals surface area contributed by atoms with E-state index in [1.165, 1.54) is 10.9 Å². The molecule has 0 fully saturated rings. The normalized spacial score (nSPS) is 17.9. The molecule has 1 aromatic carbocycles. The molecule has 17 heavy (non-hydrogen) atoms. The minimum Gasteiger partial charge on any atom is -0.315 e. The highest BCUT2D eigenvalue weighted by Gasteiger charge is 2.22. The Hall–Kier alpha value is -1.61. The van der Waals surface area contributed by atoms with Gasteiger partial charge in [0.15, 0.2) is 0 Å². The predicted octanol–water partition coefficient (Wildman–Crippen LogP) is 1.84. The van der Waals surface area contributed by atoms with Gasteiger partial charge in [-0.05, 0) is 37.4 Å². The van der Waals surface area contributed by atoms with Gasteiger partial charge in [0, 0.05) is 18.2 Å². The van der Waals surface area contributed by atoms with Crippen molar-refractivity contribution in [1.29, 1.82) is 0 Å². The van der Waals surface area contributed by atoms with Gasteiger partial charge in [0.05, 0.1) is 5.52 Å². The van der Waals surface area contributed by atoms with Crippen LogP contribution in [0.4, 0.5) is 0 Å². The molecule has 3 rings (SSSR count). The van der Waals surface area contributed by atoms with E-state index in [2.05, 4.69) is 30.4 Å². The van der Waals surface area contributed by atoms with Crippen LogP contribution in [0.15, 0.2) is 29.1 Å². The first kappa shape index (κ1) is 10.5. The Morgan fingerprint density at radius 3 is 3.06 bits per heavy atom. The van der Waals surface area contributed by atoms with Crippen LogP contribution < -0.4 is 10.9 Å². The molecule has 1 aromatic heterocycles. The third kappa shape index (κ3) is 1.42. The lowest BCUT2D eigenvalue weighted by atomic mass is 10.1. The second-order valence-corrected chi connectivity index (χ2v) is 4.78. The number of hydrogen-bond acceptors (Lipinski definition) is 2. The first-order valence-corrected chi connectivity index (χ1v) is 6.03. The van der Waals surface area contributed by atoms with Gasteiger partial charge in [-0.2, -0.15) is 0 Å². The van der Waals surface area contributed by atoms with E-state index < -0.39 is 0 Å². The van der Waals surface area contributed by atoms with Crippen molar-refractivity contribution in [2.24, 2.45) is 0 Å². The van der Waals surface area contributed by atoms with Gasteiger partial charge in [0.1, 0.15) is 0 Å². The monoisotopic (exact) mass is 228 g/mol. The van der Waals surface area contributed by atoms with Crippen LogP contribution in [0.5, 0.6) is 0 Å². The Bertz CT molecular complexity index is 642. The molecule has 2 heterocycles. The van der Waals surface area contributed by atoms with Crippen molar-refractivity contribution in [3.8, 4) is 0 Å². The molecule has 0 saturated carbocycles. The number of rotatable bonds is 2. The van der Waals surface area contributed by atoms with Crippen molar-refractivity contribution < 1.29 is 0 Å². The standard InChI is InChI=1S/C14H16N2O/c1-9-6-10-4-3-5-11-7-12(8-15-2)14(17)16(9)13(10)11/h3-5,7,9,15H,6,8H2,1-2H3/t9-/m1/s1. The molecule has 3 nitrogen and oxygen atoms in total. The van der Waals surface area contributed by atoms with Crippen molar-refractivity contribution in [2.45, 2.75) is 25.9 Å². The van der Waals surface area contributed by atoms with Crippen LogP contribution in [-0.2, 0) is 13.0 Å². The molecule has 0 amide bonds. The summed E-state index contributed by atoms with van der Waals surface area (Å²) in [6.07, 6.45) is 0.968. The summed E-state index contributed by atoms with van der Waals surface area (Å²) in [6.45, 7) is 2.75. The number of aromatic nitrogens is 1. The fourth-order valence-electron chi connectivity index (χ4n) is 2.84. The topological polar surface area (TPSA) is 34.0 Å². The summed E-state index contributed by atoms with van der Waals surface area (Å²) in [6, 6.07) is 8.59. The zero-order chi connectivity index (χ0) is 12.0. The zero-order valence-corrected chi connectivity index (χ0v) is 10.2. The fourth-order valence-corrected chi connectivity index (χ4v) is 2.84. The van der Waals surface area contributed by atoms with E-state index in [1.807, 2.05) is 17.7 Å². The predicted molar refractivity (Wildman–Crippen MR) is 69.4 cm³/mol. The molecular formula is C14H16N2O. The molecule has 0 bridgehead atoms. The average Bonchev–Trinajstić information content (AvgIpc) is 2.64. The van der Waals surface area contributed by atoms with Crippen LogP contribution in [0, 0.1) is 0 Å². The first-order valence-electron chi connectivity index (χ1n) is 6.03. The van der Waals surface area contributed by atoms with Gasteiger partial charge in [-0.3, -0.25) is 4.79 Å². The number of benzene rings is 1. The van der Waals surface area contributed by atoms with Crippen LogP contribution in [0.1, 0.15) is 24.1 Å². The van der Waals surface area contributed by atoms with Crippen molar-refractivity contribution in [3.63, 3.8) is 0 Å². The van der Waals surface area contributed by atoms with E-state index in [0.29, 0.717) is 6.54 Å². The summed E-state index contributed by atoms with van der Waals surface area (Å²) in [5.41, 5.74) is 3.43. The van der Waals surface area contributed by atoms with Crippen LogP contribution in [0.2, 0.25) is 0 Å². The average molecular weight is 228 g/mol. The minimum atomic E-state index is 0.157. The van der Waals surface area contributed by atoms with E-state index in [-0.39, 0.29) is 11.6 Å². The molecule has 1 N–H and O–H groups in total. The Kier molecular flexibility index (Phi) is 2.30. The molecule has 1 aliphatic heterocycles. The molecule has 2 aromatic rings. The maximum Gasteiger partial charge on any atom is 0.255 e. The molecule has 0 spiro atoms. The molecule has 3 heteroatoms. The van der Waals surface area contributed by atoms with Gasteiger partial charge >= 0.3 is 0 Å². The van der Waals surface area contributed by atoms with Crippen molar-refractivity contribution in [1.82, 2.24) is 9.88 Å². The van der Waals surface area contributed by atoms with Gasteiger partial charge in [0.2, 0.25) is 0 Å². The zero-order valence-electron chi connectivity index (χ0n) is 10.2. The van der Waals surface area contributed by atoms with Gasteiger partial charge in [-0.15, -0.1) is 0 Å². The highest BCUT2D eigenvalue weighted by Crippen LogP contribution is 2.30. The molecular weight excluding hydrogens is 212 g/mol. The molecule has 1 aliphatic rings. The highest BCUT2D eigenvalue weighted by molar-refractivity contribution is 5.84. The summed E-state index contributed by atoms with van der Waals surface area (Å²) in [5.74, 6) is 0. The van der Waals surface area contributed by atoms with Crippen LogP contribution in [-0.4, -0.2) is 11.6 Å². The van der Waals surface area contributed by atoms with E-state index in [4.69, 9.17) is 0 Å². The largest absolute Gasteiger partial charge is 0.315 e. The lowest BCUT2D eigenvalue weighted by molar-refractivity contribution is 0.573. The Morgan fingerprint density at radius 2 is 2.29 bits per heavy atom. The van der Waals surface area contributed by atoms with Gasteiger partial charge in [0.25, 0.3) is 5.56 Å². The highest BCUT2D eigenvalue weighted by atomic mass is 16.1. The molecule has 0 unspecified atom stereocenters. The van der Waals surface area contributed by atoms with E-state index >= 15 is 0 Å². The van der Waals surface area contributed by atoms with E-state index in [0.717, 1.165) is 17.5 Å². The maximum atomic E-state index is 12.4. The lowest BCUT2D eigenvalue weighted by Crippen LogP contribution is -2.26. The quantitative estimate of drug-likeness (QED) is 0.851. The SMILES string of the molecule is CNCc1cc2cccc3c2n(c1=O)[C@H](C)C3. The number of para-hydroxylation sites is 1. The number of hydrogen-bond donors (Lipinski definition) is 1. The number of nitrogens with one attached hydrogen (secondary N) is 1. The van der Waals surface area contributed by atoms with Crippen LogP contribution in [0.3, 0.4) is 0 Å². The number of nitrogens with zero attached hydrogens (tertiary/aromatic N) is 1.